The van der Waals surface area contributed by atoms with Gasteiger partial charge in [-0.2, -0.15) is 0 Å². The Kier molecular flexibility index (Phi) is 6.95. The topological polar surface area (TPSA) is 122 Å². The molecule has 29 heavy (non-hydrogen) atoms. The number of likely N-dealkylation sites (tertiary alicyclic amines) is 1. The zero-order chi connectivity index (χ0) is 20.8. The first-order chi connectivity index (χ1) is 13.9. The summed E-state index contributed by atoms with van der Waals surface area (Å²) in [6.45, 7) is 2.24. The van der Waals surface area contributed by atoms with Crippen molar-refractivity contribution < 1.29 is 23.6 Å². The van der Waals surface area contributed by atoms with Crippen molar-refractivity contribution in [1.82, 2.24) is 15.4 Å². The van der Waals surface area contributed by atoms with Crippen molar-refractivity contribution >= 4 is 11.8 Å². The average Bonchev–Trinajstić information content (AvgIpc) is 3.32. The zero-order valence-electron chi connectivity index (χ0n) is 16.0. The van der Waals surface area contributed by atoms with Gasteiger partial charge in [-0.05, 0) is 43.7 Å². The zero-order valence-corrected chi connectivity index (χ0v) is 16.0. The predicted octanol–water partition coefficient (Wildman–Crippen LogP) is 1.16. The van der Waals surface area contributed by atoms with Crippen molar-refractivity contribution in [2.45, 2.75) is 25.4 Å². The van der Waals surface area contributed by atoms with Gasteiger partial charge in [0.15, 0.2) is 11.5 Å². The molecule has 2 aromatic rings. The Bertz CT molecular complexity index is 839. The molecule has 1 fully saturated rings. The van der Waals surface area contributed by atoms with E-state index in [0.29, 0.717) is 31.0 Å². The molecule has 0 aliphatic carbocycles. The molecule has 0 unspecified atom stereocenters. The van der Waals surface area contributed by atoms with Crippen LogP contribution in [0.25, 0.3) is 11.3 Å². The molecule has 1 aromatic heterocycles. The van der Waals surface area contributed by atoms with E-state index in [2.05, 4.69) is 10.5 Å². The van der Waals surface area contributed by atoms with Gasteiger partial charge in [0.05, 0.1) is 12.0 Å². The van der Waals surface area contributed by atoms with Crippen LogP contribution in [-0.2, 0) is 4.79 Å². The summed E-state index contributed by atoms with van der Waals surface area (Å²) in [6, 6.07) is 7.27. The summed E-state index contributed by atoms with van der Waals surface area (Å²) in [4.78, 5) is 25.4. The van der Waals surface area contributed by atoms with E-state index < -0.39 is 17.9 Å². The van der Waals surface area contributed by atoms with Crippen molar-refractivity contribution in [3.63, 3.8) is 0 Å². The van der Waals surface area contributed by atoms with Gasteiger partial charge >= 0.3 is 0 Å². The number of unbranched alkanes of at least 4 members (excludes halogenated alkanes) is 2. The van der Waals surface area contributed by atoms with Crippen molar-refractivity contribution in [1.29, 1.82) is 0 Å². The minimum atomic E-state index is -0.686. The highest BCUT2D eigenvalue weighted by molar-refractivity contribution is 5.93. The monoisotopic (exact) mass is 404 g/mol. The number of amides is 2. The smallest absolute Gasteiger partial charge is 0.273 e. The number of hydrogen-bond donors (Lipinski definition) is 3. The SMILES string of the molecule is NC(=O)[C@H]1CN(CCCCCNC(=O)c2cc(-c3ccc(F)cc3)on2)C[C@H]1O. The molecular formula is C20H25FN4O4. The molecule has 8 nitrogen and oxygen atoms in total. The summed E-state index contributed by atoms with van der Waals surface area (Å²) in [5.74, 6) is -1.22. The minimum absolute atomic E-state index is 0.174. The molecule has 9 heteroatoms. The van der Waals surface area contributed by atoms with Crippen LogP contribution in [-0.4, -0.2) is 59.3 Å². The third-order valence-corrected chi connectivity index (χ3v) is 5.04. The second-order valence-corrected chi connectivity index (χ2v) is 7.24. The Morgan fingerprint density at radius 1 is 1.24 bits per heavy atom. The van der Waals surface area contributed by atoms with Crippen LogP contribution in [0.1, 0.15) is 29.8 Å². The number of halogens is 1. The summed E-state index contributed by atoms with van der Waals surface area (Å²) in [5, 5.41) is 16.4. The van der Waals surface area contributed by atoms with Gasteiger partial charge in [0.2, 0.25) is 5.91 Å². The lowest BCUT2D eigenvalue weighted by Gasteiger charge is -2.14. The molecule has 0 bridgehead atoms. The van der Waals surface area contributed by atoms with E-state index in [1.165, 1.54) is 18.2 Å². The lowest BCUT2D eigenvalue weighted by atomic mass is 10.1. The number of rotatable bonds is 9. The van der Waals surface area contributed by atoms with Crippen LogP contribution >= 0.6 is 0 Å². The van der Waals surface area contributed by atoms with Crippen LogP contribution in [0, 0.1) is 11.7 Å². The molecule has 1 saturated heterocycles. The molecule has 2 atom stereocenters. The highest BCUT2D eigenvalue weighted by Gasteiger charge is 2.34. The van der Waals surface area contributed by atoms with E-state index in [1.54, 1.807) is 12.1 Å². The number of aliphatic hydroxyl groups excluding tert-OH is 1. The molecule has 156 valence electrons. The maximum atomic E-state index is 13.0. The fraction of sp³-hybridized carbons (Fsp3) is 0.450. The fourth-order valence-corrected chi connectivity index (χ4v) is 3.39. The summed E-state index contributed by atoms with van der Waals surface area (Å²) in [5.41, 5.74) is 6.09. The van der Waals surface area contributed by atoms with Gasteiger partial charge in [-0.1, -0.05) is 11.6 Å². The van der Waals surface area contributed by atoms with Crippen LogP contribution in [0.2, 0.25) is 0 Å². The maximum Gasteiger partial charge on any atom is 0.273 e. The van der Waals surface area contributed by atoms with Gasteiger partial charge in [-0.25, -0.2) is 4.39 Å². The van der Waals surface area contributed by atoms with Gasteiger partial charge in [0.25, 0.3) is 5.91 Å². The first-order valence-electron chi connectivity index (χ1n) is 9.64. The van der Waals surface area contributed by atoms with Crippen LogP contribution < -0.4 is 11.1 Å². The molecular weight excluding hydrogens is 379 g/mol. The molecule has 3 rings (SSSR count). The largest absolute Gasteiger partial charge is 0.391 e. The van der Waals surface area contributed by atoms with Gasteiger partial charge in [-0.15, -0.1) is 0 Å². The molecule has 0 spiro atoms. The molecule has 1 aliphatic heterocycles. The fourth-order valence-electron chi connectivity index (χ4n) is 3.39. The Morgan fingerprint density at radius 3 is 2.69 bits per heavy atom. The number of nitrogens with two attached hydrogens (primary N) is 1. The van der Waals surface area contributed by atoms with Crippen molar-refractivity contribution in [2.24, 2.45) is 11.7 Å². The highest BCUT2D eigenvalue weighted by Crippen LogP contribution is 2.20. The normalized spacial score (nSPS) is 19.4. The van der Waals surface area contributed by atoms with Crippen molar-refractivity contribution in [2.75, 3.05) is 26.2 Å². The first-order valence-corrected chi connectivity index (χ1v) is 9.64. The number of hydrogen-bond acceptors (Lipinski definition) is 6. The van der Waals surface area contributed by atoms with Gasteiger partial charge in [0, 0.05) is 31.3 Å². The third kappa shape index (κ3) is 5.61. The van der Waals surface area contributed by atoms with Gasteiger partial charge < -0.3 is 20.7 Å². The lowest BCUT2D eigenvalue weighted by molar-refractivity contribution is -0.123. The molecule has 2 amide bonds. The number of carbonyl (C=O) groups excluding carboxylic acids is 2. The minimum Gasteiger partial charge on any atom is -0.391 e. The Hall–Kier alpha value is -2.78. The Labute approximate surface area is 167 Å². The van der Waals surface area contributed by atoms with Gasteiger partial charge in [-0.3, -0.25) is 14.5 Å². The summed E-state index contributed by atoms with van der Waals surface area (Å²) in [7, 11) is 0. The van der Waals surface area contributed by atoms with E-state index >= 15 is 0 Å². The molecule has 0 saturated carbocycles. The molecule has 2 heterocycles. The molecule has 1 aromatic carbocycles. The predicted molar refractivity (Wildman–Crippen MR) is 103 cm³/mol. The number of primary amides is 1. The third-order valence-electron chi connectivity index (χ3n) is 5.04. The number of aliphatic hydroxyl groups is 1. The molecule has 0 radical (unpaired) electrons. The van der Waals surface area contributed by atoms with Crippen molar-refractivity contribution in [3.05, 3.63) is 41.8 Å². The van der Waals surface area contributed by atoms with Crippen LogP contribution in [0.3, 0.4) is 0 Å². The van der Waals surface area contributed by atoms with E-state index in [9.17, 15) is 19.1 Å². The van der Waals surface area contributed by atoms with E-state index in [4.69, 9.17) is 10.3 Å². The number of carbonyl (C=O) groups is 2. The van der Waals surface area contributed by atoms with E-state index in [-0.39, 0.29) is 17.4 Å². The molecule has 4 N–H and O–H groups in total. The number of benzene rings is 1. The molecule has 1 aliphatic rings. The first kappa shape index (κ1) is 20.9. The second-order valence-electron chi connectivity index (χ2n) is 7.24. The highest BCUT2D eigenvalue weighted by atomic mass is 19.1. The summed E-state index contributed by atoms with van der Waals surface area (Å²) in [6.07, 6.45) is 1.90. The quantitative estimate of drug-likeness (QED) is 0.539. The van der Waals surface area contributed by atoms with E-state index in [0.717, 1.165) is 25.8 Å². The maximum absolute atomic E-state index is 13.0. The standard InChI is InChI=1S/C20H25FN4O4/c21-14-6-4-13(5-7-14)18-10-16(24-29-18)20(28)23-8-2-1-3-9-25-11-15(19(22)27)17(26)12-25/h4-7,10,15,17,26H,1-3,8-9,11-12H2,(H2,22,27)(H,23,28)/t15-,17+/m0/s1. The van der Waals surface area contributed by atoms with Gasteiger partial charge in [0.1, 0.15) is 5.82 Å². The second kappa shape index (κ2) is 9.62. The number of nitrogens with one attached hydrogen (secondary N) is 1. The van der Waals surface area contributed by atoms with Crippen molar-refractivity contribution in [3.8, 4) is 11.3 Å². The lowest BCUT2D eigenvalue weighted by Crippen LogP contribution is -2.32. The van der Waals surface area contributed by atoms with Crippen LogP contribution in [0.4, 0.5) is 4.39 Å². The Morgan fingerprint density at radius 2 is 2.00 bits per heavy atom. The summed E-state index contributed by atoms with van der Waals surface area (Å²) >= 11 is 0. The number of β-amino-alcohol motifs (C(OH)–C–C–N with tert-alkyl or cyclic N) is 1. The summed E-state index contributed by atoms with van der Waals surface area (Å²) < 4.78 is 18.1. The Balaban J connectivity index is 1.33. The van der Waals surface area contributed by atoms with E-state index in [1.807, 2.05) is 4.90 Å². The number of nitrogens with zero attached hydrogens (tertiary/aromatic N) is 2. The van der Waals surface area contributed by atoms with Crippen LogP contribution in [0.5, 0.6) is 0 Å². The average molecular weight is 404 g/mol. The van der Waals surface area contributed by atoms with Crippen LogP contribution in [0.15, 0.2) is 34.9 Å². The number of aromatic nitrogens is 1.